The Morgan fingerprint density at radius 1 is 1.19 bits per heavy atom. The molecule has 0 aliphatic heterocycles. The molecule has 4 rings (SSSR count). The number of carbonyl (C=O) groups excluding carboxylic acids is 1. The van der Waals surface area contributed by atoms with Crippen molar-refractivity contribution in [2.24, 2.45) is 5.41 Å². The van der Waals surface area contributed by atoms with Crippen molar-refractivity contribution in [3.05, 3.63) is 59.4 Å². The van der Waals surface area contributed by atoms with Gasteiger partial charge in [0, 0.05) is 27.7 Å². The Bertz CT molecular complexity index is 972. The van der Waals surface area contributed by atoms with E-state index in [0.29, 0.717) is 23.4 Å². The number of carbonyl (C=O) groups is 1. The van der Waals surface area contributed by atoms with Gasteiger partial charge in [0.15, 0.2) is 0 Å². The highest BCUT2D eigenvalue weighted by molar-refractivity contribution is 6.30. The van der Waals surface area contributed by atoms with E-state index in [1.807, 2.05) is 41.0 Å². The Hall–Kier alpha value is -2.41. The normalized spacial score (nSPS) is 16.3. The number of amides is 1. The van der Waals surface area contributed by atoms with Crippen LogP contribution in [0, 0.1) is 5.41 Å². The van der Waals surface area contributed by atoms with E-state index in [1.54, 1.807) is 12.4 Å². The fourth-order valence-electron chi connectivity index (χ4n) is 3.62. The van der Waals surface area contributed by atoms with E-state index >= 15 is 0 Å². The van der Waals surface area contributed by atoms with Gasteiger partial charge in [-0.05, 0) is 55.3 Å². The molecule has 1 heterocycles. The summed E-state index contributed by atoms with van der Waals surface area (Å²) in [6, 6.07) is 12.8. The van der Waals surface area contributed by atoms with Crippen molar-refractivity contribution in [3.8, 4) is 5.69 Å². The molecular weight excluding hydrogens is 366 g/mol. The van der Waals surface area contributed by atoms with Crippen LogP contribution in [0.4, 0.5) is 0 Å². The summed E-state index contributed by atoms with van der Waals surface area (Å²) >= 11 is 5.96. The maximum absolute atomic E-state index is 12.6. The average molecular weight is 386 g/mol. The minimum absolute atomic E-state index is 0.0336. The Kier molecular flexibility index (Phi) is 4.63. The molecule has 1 aliphatic carbocycles. The number of nitrogens with one attached hydrogen (secondary N) is 1. The molecule has 1 fully saturated rings. The Labute approximate surface area is 161 Å². The lowest BCUT2D eigenvalue weighted by atomic mass is 9.66. The minimum Gasteiger partial charge on any atom is -0.396 e. The van der Waals surface area contributed by atoms with Crippen molar-refractivity contribution in [2.45, 2.75) is 18.9 Å². The fraction of sp³-hybridized carbons (Fsp3) is 0.300. The van der Waals surface area contributed by atoms with Gasteiger partial charge in [-0.2, -0.15) is 0 Å². The van der Waals surface area contributed by atoms with Gasteiger partial charge in [-0.3, -0.25) is 9.36 Å². The van der Waals surface area contributed by atoms with Gasteiger partial charge in [0.05, 0.1) is 24.2 Å². The number of hydrogen-bond donors (Lipinski definition) is 3. The van der Waals surface area contributed by atoms with E-state index in [1.165, 1.54) is 0 Å². The van der Waals surface area contributed by atoms with Crippen LogP contribution in [-0.2, 0) is 0 Å². The van der Waals surface area contributed by atoms with Crippen LogP contribution in [0.25, 0.3) is 16.7 Å². The number of imidazole rings is 1. The zero-order valence-corrected chi connectivity index (χ0v) is 15.4. The van der Waals surface area contributed by atoms with Crippen LogP contribution in [-0.4, -0.2) is 44.9 Å². The molecule has 0 spiro atoms. The third-order valence-electron chi connectivity index (χ3n) is 5.28. The first-order chi connectivity index (χ1) is 13.0. The summed E-state index contributed by atoms with van der Waals surface area (Å²) in [6.07, 6.45) is 2.88. The van der Waals surface area contributed by atoms with Crippen LogP contribution < -0.4 is 5.32 Å². The molecule has 3 aromatic rings. The maximum Gasteiger partial charge on any atom is 0.251 e. The number of aromatic nitrogens is 2. The van der Waals surface area contributed by atoms with Crippen molar-refractivity contribution < 1.29 is 15.0 Å². The van der Waals surface area contributed by atoms with Gasteiger partial charge in [-0.25, -0.2) is 4.98 Å². The second-order valence-corrected chi connectivity index (χ2v) is 7.63. The lowest BCUT2D eigenvalue weighted by Crippen LogP contribution is -2.54. The Balaban J connectivity index is 1.55. The summed E-state index contributed by atoms with van der Waals surface area (Å²) in [5, 5.41) is 22.4. The maximum atomic E-state index is 12.6. The highest BCUT2D eigenvalue weighted by Crippen LogP contribution is 2.40. The van der Waals surface area contributed by atoms with Gasteiger partial charge < -0.3 is 15.5 Å². The van der Waals surface area contributed by atoms with E-state index in [9.17, 15) is 15.0 Å². The number of rotatable bonds is 5. The molecule has 6 nitrogen and oxygen atoms in total. The molecule has 1 aliphatic rings. The standard InChI is InChI=1S/C20H20ClN3O3/c21-14-2-4-16(5-3-14)24-12-22-17-6-1-13(7-18(17)24)19(27)23-15-8-20(9-15,10-25)11-26/h1-7,12,15,25-26H,8-11H2,(H,23,27). The second kappa shape index (κ2) is 6.96. The molecule has 7 heteroatoms. The zero-order valence-electron chi connectivity index (χ0n) is 14.6. The van der Waals surface area contributed by atoms with E-state index in [4.69, 9.17) is 11.6 Å². The fourth-order valence-corrected chi connectivity index (χ4v) is 3.75. The van der Waals surface area contributed by atoms with Crippen molar-refractivity contribution in [1.29, 1.82) is 0 Å². The monoisotopic (exact) mass is 385 g/mol. The van der Waals surface area contributed by atoms with Crippen molar-refractivity contribution >= 4 is 28.5 Å². The SMILES string of the molecule is O=C(NC1CC(CO)(CO)C1)c1ccc2ncn(-c3ccc(Cl)cc3)c2c1. The van der Waals surface area contributed by atoms with Crippen molar-refractivity contribution in [2.75, 3.05) is 13.2 Å². The van der Waals surface area contributed by atoms with E-state index in [0.717, 1.165) is 16.7 Å². The number of aliphatic hydroxyl groups is 2. The van der Waals surface area contributed by atoms with Crippen LogP contribution in [0.15, 0.2) is 48.8 Å². The third kappa shape index (κ3) is 3.32. The first-order valence-electron chi connectivity index (χ1n) is 8.79. The largest absolute Gasteiger partial charge is 0.396 e. The van der Waals surface area contributed by atoms with Crippen molar-refractivity contribution in [3.63, 3.8) is 0 Å². The molecule has 1 aromatic heterocycles. The number of aliphatic hydroxyl groups excluding tert-OH is 2. The number of benzene rings is 2. The van der Waals surface area contributed by atoms with Gasteiger partial charge in [-0.1, -0.05) is 11.6 Å². The average Bonchev–Trinajstić information content (AvgIpc) is 3.08. The predicted octanol–water partition coefficient (Wildman–Crippen LogP) is 2.54. The minimum atomic E-state index is -0.463. The van der Waals surface area contributed by atoms with Gasteiger partial charge in [0.2, 0.25) is 0 Å². The highest BCUT2D eigenvalue weighted by Gasteiger charge is 2.44. The van der Waals surface area contributed by atoms with Crippen LogP contribution in [0.2, 0.25) is 5.02 Å². The molecule has 0 bridgehead atoms. The summed E-state index contributed by atoms with van der Waals surface area (Å²) in [4.78, 5) is 17.0. The summed E-state index contributed by atoms with van der Waals surface area (Å²) in [5.74, 6) is -0.171. The quantitative estimate of drug-likeness (QED) is 0.629. The van der Waals surface area contributed by atoms with E-state index in [2.05, 4.69) is 10.3 Å². The number of fused-ring (bicyclic) bond motifs is 1. The number of nitrogens with zero attached hydrogens (tertiary/aromatic N) is 2. The van der Waals surface area contributed by atoms with Gasteiger partial charge >= 0.3 is 0 Å². The Morgan fingerprint density at radius 3 is 2.56 bits per heavy atom. The smallest absolute Gasteiger partial charge is 0.251 e. The lowest BCUT2D eigenvalue weighted by Gasteiger charge is -2.45. The first kappa shape index (κ1) is 18.0. The van der Waals surface area contributed by atoms with Crippen LogP contribution >= 0.6 is 11.6 Å². The molecule has 3 N–H and O–H groups in total. The molecule has 0 unspecified atom stereocenters. The molecule has 0 saturated heterocycles. The summed E-state index contributed by atoms with van der Waals surface area (Å²) in [6.45, 7) is -0.135. The van der Waals surface area contributed by atoms with Crippen molar-refractivity contribution in [1.82, 2.24) is 14.9 Å². The molecule has 1 saturated carbocycles. The molecule has 0 atom stereocenters. The second-order valence-electron chi connectivity index (χ2n) is 7.19. The van der Waals surface area contributed by atoms with Gasteiger partial charge in [0.25, 0.3) is 5.91 Å². The third-order valence-corrected chi connectivity index (χ3v) is 5.53. The number of halogens is 1. The summed E-state index contributed by atoms with van der Waals surface area (Å²) in [5.41, 5.74) is 2.62. The number of hydrogen-bond acceptors (Lipinski definition) is 4. The van der Waals surface area contributed by atoms with E-state index in [-0.39, 0.29) is 25.2 Å². The molecule has 0 radical (unpaired) electrons. The molecule has 140 valence electrons. The van der Waals surface area contributed by atoms with Gasteiger partial charge in [-0.15, -0.1) is 0 Å². The molecule has 1 amide bonds. The van der Waals surface area contributed by atoms with Crippen LogP contribution in [0.1, 0.15) is 23.2 Å². The van der Waals surface area contributed by atoms with Crippen LogP contribution in [0.3, 0.4) is 0 Å². The predicted molar refractivity (Wildman–Crippen MR) is 103 cm³/mol. The highest BCUT2D eigenvalue weighted by atomic mass is 35.5. The summed E-state index contributed by atoms with van der Waals surface area (Å²) in [7, 11) is 0. The molecule has 27 heavy (non-hydrogen) atoms. The Morgan fingerprint density at radius 2 is 1.89 bits per heavy atom. The lowest BCUT2D eigenvalue weighted by molar-refractivity contribution is -0.0300. The topological polar surface area (TPSA) is 87.4 Å². The molecule has 2 aromatic carbocycles. The van der Waals surface area contributed by atoms with Crippen LogP contribution in [0.5, 0.6) is 0 Å². The summed E-state index contributed by atoms with van der Waals surface area (Å²) < 4.78 is 1.91. The zero-order chi connectivity index (χ0) is 19.0. The molecular formula is C20H20ClN3O3. The first-order valence-corrected chi connectivity index (χ1v) is 9.17. The van der Waals surface area contributed by atoms with E-state index < -0.39 is 5.41 Å². The van der Waals surface area contributed by atoms with Gasteiger partial charge in [0.1, 0.15) is 6.33 Å².